The smallest absolute Gasteiger partial charge is 0.293 e. The maximum absolute atomic E-state index is 10.8. The van der Waals surface area contributed by atoms with Crippen LogP contribution < -0.4 is 0 Å². The highest BCUT2D eigenvalue weighted by Crippen LogP contribution is 2.28. The van der Waals surface area contributed by atoms with Gasteiger partial charge < -0.3 is 14.9 Å². The third-order valence-corrected chi connectivity index (χ3v) is 3.83. The van der Waals surface area contributed by atoms with Crippen LogP contribution in [0.15, 0.2) is 28.7 Å². The average Bonchev–Trinajstić information content (AvgIpc) is 2.85. The Kier molecular flexibility index (Phi) is 5.97. The maximum atomic E-state index is 10.8. The lowest BCUT2D eigenvalue weighted by Gasteiger charge is -2.15. The minimum Gasteiger partial charge on any atom is -0.493 e. The van der Waals surface area contributed by atoms with E-state index in [0.717, 1.165) is 10.0 Å². The van der Waals surface area contributed by atoms with E-state index in [1.165, 1.54) is 0 Å². The van der Waals surface area contributed by atoms with Gasteiger partial charge in [0.2, 0.25) is 5.88 Å². The third-order valence-electron chi connectivity index (χ3n) is 3.33. The van der Waals surface area contributed by atoms with Crippen molar-refractivity contribution in [1.82, 2.24) is 10.2 Å². The maximum Gasteiger partial charge on any atom is 0.293 e. The zero-order valence-corrected chi connectivity index (χ0v) is 13.4. The molecule has 6 nitrogen and oxygen atoms in total. The van der Waals surface area contributed by atoms with Gasteiger partial charge in [-0.2, -0.15) is 5.10 Å². The number of aliphatic hydroxyl groups is 1. The van der Waals surface area contributed by atoms with Crippen molar-refractivity contribution in [3.8, 4) is 5.88 Å². The molecule has 2 rings (SSSR count). The zero-order chi connectivity index (χ0) is 15.9. The van der Waals surface area contributed by atoms with Gasteiger partial charge in [0.25, 0.3) is 6.47 Å². The number of H-pyrrole nitrogens is 1. The van der Waals surface area contributed by atoms with Crippen molar-refractivity contribution in [3.63, 3.8) is 0 Å². The van der Waals surface area contributed by atoms with Crippen LogP contribution in [0.5, 0.6) is 5.88 Å². The van der Waals surface area contributed by atoms with Gasteiger partial charge in [-0.3, -0.25) is 4.79 Å². The molecule has 7 heteroatoms. The first kappa shape index (κ1) is 16.5. The van der Waals surface area contributed by atoms with Crippen molar-refractivity contribution >= 4 is 22.4 Å². The fraction of sp³-hybridized carbons (Fsp3) is 0.333. The number of aliphatic hydroxyl groups excluding tert-OH is 1. The predicted octanol–water partition coefficient (Wildman–Crippen LogP) is 2.26. The molecule has 0 bridgehead atoms. The molecule has 1 unspecified atom stereocenters. The number of halogens is 1. The van der Waals surface area contributed by atoms with Gasteiger partial charge in [-0.15, -0.1) is 0 Å². The number of hydrogen-bond donors (Lipinski definition) is 3. The van der Waals surface area contributed by atoms with Crippen molar-refractivity contribution in [3.05, 3.63) is 45.6 Å². The highest BCUT2D eigenvalue weighted by Gasteiger charge is 2.20. The van der Waals surface area contributed by atoms with Gasteiger partial charge in [0.15, 0.2) is 0 Å². The Morgan fingerprint density at radius 3 is 2.95 bits per heavy atom. The SMILES string of the molecule is O=COC(Cc1n[nH]c(O)c1CCCO)c1cccc(Br)c1. The molecule has 0 aliphatic rings. The van der Waals surface area contributed by atoms with E-state index in [1.54, 1.807) is 0 Å². The van der Waals surface area contributed by atoms with Gasteiger partial charge in [0.05, 0.1) is 5.69 Å². The Labute approximate surface area is 136 Å². The molecule has 3 N–H and O–H groups in total. The molecule has 1 heterocycles. The lowest BCUT2D eigenvalue weighted by molar-refractivity contribution is -0.133. The van der Waals surface area contributed by atoms with Crippen LogP contribution in [0.1, 0.15) is 29.3 Å². The van der Waals surface area contributed by atoms with E-state index in [9.17, 15) is 9.90 Å². The number of aromatic hydroxyl groups is 1. The summed E-state index contributed by atoms with van der Waals surface area (Å²) in [6, 6.07) is 7.47. The first-order chi connectivity index (χ1) is 10.7. The number of nitrogens with zero attached hydrogens (tertiary/aromatic N) is 1. The van der Waals surface area contributed by atoms with Gasteiger partial charge in [0, 0.05) is 23.1 Å². The molecule has 0 aliphatic carbocycles. The molecule has 0 saturated carbocycles. The molecule has 1 atom stereocenters. The summed E-state index contributed by atoms with van der Waals surface area (Å²) in [5.74, 6) is -0.0115. The summed E-state index contributed by atoms with van der Waals surface area (Å²) in [5, 5.41) is 25.3. The number of rotatable bonds is 8. The van der Waals surface area contributed by atoms with Crippen LogP contribution in [-0.4, -0.2) is 33.5 Å². The van der Waals surface area contributed by atoms with E-state index in [-0.39, 0.29) is 12.5 Å². The normalized spacial score (nSPS) is 12.1. The summed E-state index contributed by atoms with van der Waals surface area (Å²) >= 11 is 3.39. The van der Waals surface area contributed by atoms with Gasteiger partial charge in [-0.25, -0.2) is 5.10 Å². The Bertz CT molecular complexity index is 630. The fourth-order valence-corrected chi connectivity index (χ4v) is 2.69. The number of aromatic nitrogens is 2. The quantitative estimate of drug-likeness (QED) is 0.621. The second-order valence-corrected chi connectivity index (χ2v) is 5.72. The summed E-state index contributed by atoms with van der Waals surface area (Å²) in [5.41, 5.74) is 2.10. The molecule has 0 fully saturated rings. The summed E-state index contributed by atoms with van der Waals surface area (Å²) in [7, 11) is 0. The van der Waals surface area contributed by atoms with Crippen LogP contribution in [0.3, 0.4) is 0 Å². The second-order valence-electron chi connectivity index (χ2n) is 4.80. The zero-order valence-electron chi connectivity index (χ0n) is 11.8. The number of benzene rings is 1. The van der Waals surface area contributed by atoms with Gasteiger partial charge in [0.1, 0.15) is 6.10 Å². The molecule has 1 aromatic carbocycles. The minimum atomic E-state index is -0.495. The van der Waals surface area contributed by atoms with Crippen LogP contribution >= 0.6 is 15.9 Å². The topological polar surface area (TPSA) is 95.4 Å². The minimum absolute atomic E-state index is 0.0115. The molecular formula is C15H17BrN2O4. The van der Waals surface area contributed by atoms with E-state index in [0.29, 0.717) is 37.0 Å². The molecular weight excluding hydrogens is 352 g/mol. The lowest BCUT2D eigenvalue weighted by Crippen LogP contribution is -2.09. The van der Waals surface area contributed by atoms with Crippen LogP contribution in [0, 0.1) is 0 Å². The number of carbonyl (C=O) groups is 1. The molecule has 0 aliphatic heterocycles. The summed E-state index contributed by atoms with van der Waals surface area (Å²) in [6.07, 6.45) is 0.870. The van der Waals surface area contributed by atoms with E-state index in [1.807, 2.05) is 24.3 Å². The molecule has 0 amide bonds. The van der Waals surface area contributed by atoms with Gasteiger partial charge in [-0.05, 0) is 30.5 Å². The molecule has 0 radical (unpaired) electrons. The van der Waals surface area contributed by atoms with Crippen molar-refractivity contribution in [2.75, 3.05) is 6.61 Å². The Balaban J connectivity index is 2.23. The number of aromatic amines is 1. The Hall–Kier alpha value is -1.86. The van der Waals surface area contributed by atoms with Crippen molar-refractivity contribution in [2.24, 2.45) is 0 Å². The van der Waals surface area contributed by atoms with Crippen molar-refractivity contribution in [1.29, 1.82) is 0 Å². The van der Waals surface area contributed by atoms with Crippen LogP contribution in [0.2, 0.25) is 0 Å². The summed E-state index contributed by atoms with van der Waals surface area (Å²) in [6.45, 7) is 0.440. The van der Waals surface area contributed by atoms with Gasteiger partial charge in [-0.1, -0.05) is 28.1 Å². The number of ether oxygens (including phenoxy) is 1. The van der Waals surface area contributed by atoms with E-state index >= 15 is 0 Å². The molecule has 118 valence electrons. The summed E-state index contributed by atoms with van der Waals surface area (Å²) < 4.78 is 6.05. The Morgan fingerprint density at radius 2 is 2.27 bits per heavy atom. The molecule has 22 heavy (non-hydrogen) atoms. The monoisotopic (exact) mass is 368 g/mol. The first-order valence-electron chi connectivity index (χ1n) is 6.86. The van der Waals surface area contributed by atoms with Crippen LogP contribution in [0.25, 0.3) is 0 Å². The van der Waals surface area contributed by atoms with E-state index in [4.69, 9.17) is 9.84 Å². The molecule has 0 spiro atoms. The average molecular weight is 369 g/mol. The predicted molar refractivity (Wildman–Crippen MR) is 83.4 cm³/mol. The van der Waals surface area contributed by atoms with Crippen LogP contribution in [0.4, 0.5) is 0 Å². The molecule has 0 saturated heterocycles. The highest BCUT2D eigenvalue weighted by atomic mass is 79.9. The van der Waals surface area contributed by atoms with E-state index in [2.05, 4.69) is 26.1 Å². The second kappa shape index (κ2) is 7.95. The first-order valence-corrected chi connectivity index (χ1v) is 7.65. The fourth-order valence-electron chi connectivity index (χ4n) is 2.27. The number of nitrogens with one attached hydrogen (secondary N) is 1. The third kappa shape index (κ3) is 4.08. The molecule has 1 aromatic heterocycles. The largest absolute Gasteiger partial charge is 0.493 e. The van der Waals surface area contributed by atoms with Crippen molar-refractivity contribution < 1.29 is 19.7 Å². The number of hydrogen-bond acceptors (Lipinski definition) is 5. The molecule has 2 aromatic rings. The standard InChI is InChI=1S/C15H17BrN2O4/c16-11-4-1-3-10(7-11)14(22-9-20)8-13-12(5-2-6-19)15(21)18-17-13/h1,3-4,7,9,14,19H,2,5-6,8H2,(H2,17,18,21). The van der Waals surface area contributed by atoms with E-state index < -0.39 is 6.10 Å². The lowest BCUT2D eigenvalue weighted by atomic mass is 10.0. The van der Waals surface area contributed by atoms with Crippen LogP contribution in [-0.2, 0) is 22.4 Å². The van der Waals surface area contributed by atoms with Crippen molar-refractivity contribution in [2.45, 2.75) is 25.4 Å². The number of carbonyl (C=O) groups excluding carboxylic acids is 1. The summed E-state index contributed by atoms with van der Waals surface area (Å²) in [4.78, 5) is 10.8. The van der Waals surface area contributed by atoms with Gasteiger partial charge >= 0.3 is 0 Å². The Morgan fingerprint density at radius 1 is 1.45 bits per heavy atom. The highest BCUT2D eigenvalue weighted by molar-refractivity contribution is 9.10.